The van der Waals surface area contributed by atoms with E-state index in [4.69, 9.17) is 9.26 Å². The van der Waals surface area contributed by atoms with Gasteiger partial charge < -0.3 is 19.9 Å². The summed E-state index contributed by atoms with van der Waals surface area (Å²) in [5.41, 5.74) is 0.693. The Hall–Kier alpha value is -3.75. The molecule has 27 heavy (non-hydrogen) atoms. The fourth-order valence-corrected chi connectivity index (χ4v) is 2.24. The number of carbonyl (C=O) groups excluding carboxylic acids is 2. The van der Waals surface area contributed by atoms with E-state index in [1.54, 1.807) is 50.2 Å². The summed E-state index contributed by atoms with van der Waals surface area (Å²) in [5.74, 6) is 0.542. The maximum atomic E-state index is 12.4. The SMILES string of the molecule is CCOC(=O)c1ccccc1NC(=O)c1ccc(Nc2cc(C)on2)nn1. The first-order valence-corrected chi connectivity index (χ1v) is 8.18. The van der Waals surface area contributed by atoms with Crippen molar-refractivity contribution in [3.05, 3.63) is 59.5 Å². The van der Waals surface area contributed by atoms with Crippen molar-refractivity contribution in [2.45, 2.75) is 13.8 Å². The zero-order chi connectivity index (χ0) is 19.2. The molecule has 2 heterocycles. The van der Waals surface area contributed by atoms with Gasteiger partial charge >= 0.3 is 5.97 Å². The van der Waals surface area contributed by atoms with Crippen LogP contribution in [0.3, 0.4) is 0 Å². The molecule has 9 nitrogen and oxygen atoms in total. The lowest BCUT2D eigenvalue weighted by molar-refractivity contribution is 0.0527. The third kappa shape index (κ3) is 4.46. The van der Waals surface area contributed by atoms with Crippen molar-refractivity contribution >= 4 is 29.2 Å². The normalized spacial score (nSPS) is 10.3. The molecule has 0 fully saturated rings. The number of aromatic nitrogens is 3. The average molecular weight is 367 g/mol. The lowest BCUT2D eigenvalue weighted by atomic mass is 10.1. The number of rotatable bonds is 6. The minimum absolute atomic E-state index is 0.0931. The van der Waals surface area contributed by atoms with E-state index in [0.29, 0.717) is 23.1 Å². The Morgan fingerprint density at radius 2 is 1.93 bits per heavy atom. The van der Waals surface area contributed by atoms with E-state index in [2.05, 4.69) is 26.0 Å². The number of aryl methyl sites for hydroxylation is 1. The first-order valence-electron chi connectivity index (χ1n) is 8.18. The second kappa shape index (κ2) is 8.09. The molecule has 0 spiro atoms. The Bertz CT molecular complexity index is 952. The quantitative estimate of drug-likeness (QED) is 0.638. The number of nitrogens with one attached hydrogen (secondary N) is 2. The van der Waals surface area contributed by atoms with Crippen LogP contribution in [0.25, 0.3) is 0 Å². The number of hydrogen-bond donors (Lipinski definition) is 2. The molecule has 0 unspecified atom stereocenters. The summed E-state index contributed by atoms with van der Waals surface area (Å²) in [4.78, 5) is 24.4. The molecule has 138 valence electrons. The lowest BCUT2D eigenvalue weighted by Gasteiger charge is -2.10. The first kappa shape index (κ1) is 18.1. The smallest absolute Gasteiger partial charge is 0.340 e. The van der Waals surface area contributed by atoms with E-state index >= 15 is 0 Å². The number of amides is 1. The topological polar surface area (TPSA) is 119 Å². The van der Waals surface area contributed by atoms with Gasteiger partial charge in [0.15, 0.2) is 17.3 Å². The molecule has 0 aliphatic carbocycles. The molecule has 0 bridgehead atoms. The van der Waals surface area contributed by atoms with Crippen molar-refractivity contribution in [1.82, 2.24) is 15.4 Å². The van der Waals surface area contributed by atoms with Gasteiger partial charge in [-0.05, 0) is 38.1 Å². The fraction of sp³-hybridized carbons (Fsp3) is 0.167. The van der Waals surface area contributed by atoms with Crippen LogP contribution >= 0.6 is 0 Å². The molecule has 3 rings (SSSR count). The number of esters is 1. The third-order valence-corrected chi connectivity index (χ3v) is 3.45. The van der Waals surface area contributed by atoms with Crippen molar-refractivity contribution < 1.29 is 18.8 Å². The van der Waals surface area contributed by atoms with Crippen LogP contribution in [0.15, 0.2) is 47.0 Å². The van der Waals surface area contributed by atoms with E-state index in [9.17, 15) is 9.59 Å². The summed E-state index contributed by atoms with van der Waals surface area (Å²) in [7, 11) is 0. The largest absolute Gasteiger partial charge is 0.462 e. The second-order valence-corrected chi connectivity index (χ2v) is 5.47. The van der Waals surface area contributed by atoms with Gasteiger partial charge in [0.05, 0.1) is 17.9 Å². The summed E-state index contributed by atoms with van der Waals surface area (Å²) in [6, 6.07) is 11.4. The average Bonchev–Trinajstić information content (AvgIpc) is 3.07. The molecule has 9 heteroatoms. The van der Waals surface area contributed by atoms with Gasteiger partial charge in [0, 0.05) is 6.07 Å². The number of para-hydroxylation sites is 1. The van der Waals surface area contributed by atoms with E-state index in [1.165, 1.54) is 6.07 Å². The summed E-state index contributed by atoms with van der Waals surface area (Å²) in [6.07, 6.45) is 0. The molecule has 3 aromatic rings. The number of ether oxygens (including phenoxy) is 1. The molecule has 2 aromatic heterocycles. The van der Waals surface area contributed by atoms with Crippen LogP contribution in [0, 0.1) is 6.92 Å². The Morgan fingerprint density at radius 3 is 2.59 bits per heavy atom. The van der Waals surface area contributed by atoms with Crippen LogP contribution in [0.4, 0.5) is 17.3 Å². The maximum absolute atomic E-state index is 12.4. The minimum atomic E-state index is -0.512. The van der Waals surface area contributed by atoms with Gasteiger partial charge in [-0.3, -0.25) is 4.79 Å². The third-order valence-electron chi connectivity index (χ3n) is 3.45. The van der Waals surface area contributed by atoms with Crippen molar-refractivity contribution in [2.75, 3.05) is 17.2 Å². The Morgan fingerprint density at radius 1 is 1.11 bits per heavy atom. The summed E-state index contributed by atoms with van der Waals surface area (Å²) in [5, 5.41) is 17.2. The van der Waals surface area contributed by atoms with Crippen LogP contribution in [0.5, 0.6) is 0 Å². The maximum Gasteiger partial charge on any atom is 0.340 e. The molecule has 0 saturated heterocycles. The molecule has 0 aliphatic heterocycles. The van der Waals surface area contributed by atoms with E-state index < -0.39 is 11.9 Å². The predicted octanol–water partition coefficient (Wildman–Crippen LogP) is 2.95. The highest BCUT2D eigenvalue weighted by Gasteiger charge is 2.16. The molecule has 0 atom stereocenters. The van der Waals surface area contributed by atoms with Crippen molar-refractivity contribution in [3.63, 3.8) is 0 Å². The van der Waals surface area contributed by atoms with Crippen molar-refractivity contribution in [3.8, 4) is 0 Å². The van der Waals surface area contributed by atoms with Crippen LogP contribution in [-0.4, -0.2) is 33.8 Å². The zero-order valence-electron chi connectivity index (χ0n) is 14.7. The fourth-order valence-electron chi connectivity index (χ4n) is 2.24. The van der Waals surface area contributed by atoms with Crippen molar-refractivity contribution in [2.24, 2.45) is 0 Å². The molecular formula is C18H17N5O4. The van der Waals surface area contributed by atoms with Gasteiger partial charge in [-0.25, -0.2) is 4.79 Å². The molecule has 1 amide bonds. The number of nitrogens with zero attached hydrogens (tertiary/aromatic N) is 3. The number of benzene rings is 1. The molecular weight excluding hydrogens is 350 g/mol. The minimum Gasteiger partial charge on any atom is -0.462 e. The molecule has 0 saturated carbocycles. The van der Waals surface area contributed by atoms with E-state index in [0.717, 1.165) is 0 Å². The van der Waals surface area contributed by atoms with E-state index in [1.807, 2.05) is 0 Å². The molecule has 0 aliphatic rings. The summed E-state index contributed by atoms with van der Waals surface area (Å²) >= 11 is 0. The predicted molar refractivity (Wildman–Crippen MR) is 96.9 cm³/mol. The lowest BCUT2D eigenvalue weighted by Crippen LogP contribution is -2.17. The van der Waals surface area contributed by atoms with E-state index in [-0.39, 0.29) is 17.9 Å². The van der Waals surface area contributed by atoms with Crippen LogP contribution in [-0.2, 0) is 4.74 Å². The standard InChI is InChI=1S/C18H17N5O4/c1-3-26-18(25)12-6-4-5-7-13(12)19-17(24)14-8-9-15(22-21-14)20-16-10-11(2)27-23-16/h4-10H,3H2,1-2H3,(H,19,24)(H,20,22,23). The van der Waals surface area contributed by atoms with Gasteiger partial charge in [0.25, 0.3) is 5.91 Å². The van der Waals surface area contributed by atoms with Crippen molar-refractivity contribution in [1.29, 1.82) is 0 Å². The molecule has 2 N–H and O–H groups in total. The van der Waals surface area contributed by atoms with Gasteiger partial charge in [-0.2, -0.15) is 0 Å². The number of hydrogen-bond acceptors (Lipinski definition) is 8. The van der Waals surface area contributed by atoms with Crippen LogP contribution in [0.1, 0.15) is 33.5 Å². The monoisotopic (exact) mass is 367 g/mol. The first-order chi connectivity index (χ1) is 13.1. The molecule has 1 aromatic carbocycles. The van der Waals surface area contributed by atoms with Gasteiger partial charge in [-0.1, -0.05) is 17.3 Å². The summed E-state index contributed by atoms with van der Waals surface area (Å²) in [6.45, 7) is 3.72. The Balaban J connectivity index is 1.71. The van der Waals surface area contributed by atoms with Gasteiger partial charge in [-0.15, -0.1) is 10.2 Å². The highest BCUT2D eigenvalue weighted by Crippen LogP contribution is 2.18. The highest BCUT2D eigenvalue weighted by atomic mass is 16.5. The summed E-state index contributed by atoms with van der Waals surface area (Å²) < 4.78 is 9.94. The molecule has 0 radical (unpaired) electrons. The van der Waals surface area contributed by atoms with Gasteiger partial charge in [0.1, 0.15) is 5.76 Å². The van der Waals surface area contributed by atoms with Gasteiger partial charge in [0.2, 0.25) is 0 Å². The Labute approximate surface area is 154 Å². The second-order valence-electron chi connectivity index (χ2n) is 5.47. The number of carbonyl (C=O) groups is 2. The zero-order valence-corrected chi connectivity index (χ0v) is 14.7. The van der Waals surface area contributed by atoms with Crippen LogP contribution in [0.2, 0.25) is 0 Å². The number of anilines is 3. The Kier molecular flexibility index (Phi) is 5.41. The van der Waals surface area contributed by atoms with Crippen LogP contribution < -0.4 is 10.6 Å². The highest BCUT2D eigenvalue weighted by molar-refractivity contribution is 6.07.